The zero-order valence-electron chi connectivity index (χ0n) is 17.1. The third-order valence-corrected chi connectivity index (χ3v) is 6.20. The van der Waals surface area contributed by atoms with Crippen LogP contribution in [0.4, 0.5) is 5.82 Å². The molecule has 0 unspecified atom stereocenters. The highest BCUT2D eigenvalue weighted by Gasteiger charge is 2.29. The highest BCUT2D eigenvalue weighted by Crippen LogP contribution is 2.28. The molecule has 0 radical (unpaired) electrons. The van der Waals surface area contributed by atoms with Gasteiger partial charge < -0.3 is 14.4 Å². The smallest absolute Gasteiger partial charge is 0.263 e. The van der Waals surface area contributed by atoms with Crippen LogP contribution >= 0.6 is 0 Å². The van der Waals surface area contributed by atoms with Gasteiger partial charge in [0.1, 0.15) is 11.4 Å². The average Bonchev–Trinajstić information content (AvgIpc) is 3.45. The van der Waals surface area contributed by atoms with Crippen molar-refractivity contribution in [2.45, 2.75) is 31.6 Å². The molecule has 1 amide bonds. The number of hydrogen-bond acceptors (Lipinski definition) is 6. The van der Waals surface area contributed by atoms with Gasteiger partial charge in [0.25, 0.3) is 11.5 Å². The maximum Gasteiger partial charge on any atom is 0.263 e. The van der Waals surface area contributed by atoms with Crippen LogP contribution in [0.1, 0.15) is 47.8 Å². The van der Waals surface area contributed by atoms with Crippen molar-refractivity contribution in [3.05, 3.63) is 52.2 Å². The lowest BCUT2D eigenvalue weighted by molar-refractivity contribution is 0.0708. The van der Waals surface area contributed by atoms with E-state index in [0.29, 0.717) is 13.1 Å². The lowest BCUT2D eigenvalue weighted by Crippen LogP contribution is -2.41. The van der Waals surface area contributed by atoms with Crippen LogP contribution in [0, 0.1) is 0 Å². The molecule has 2 aliphatic heterocycles. The van der Waals surface area contributed by atoms with E-state index in [0.717, 1.165) is 43.2 Å². The lowest BCUT2D eigenvalue weighted by atomic mass is 9.95. The quantitative estimate of drug-likeness (QED) is 0.653. The van der Waals surface area contributed by atoms with Gasteiger partial charge in [0.05, 0.1) is 0 Å². The van der Waals surface area contributed by atoms with Crippen molar-refractivity contribution in [2.24, 2.45) is 7.05 Å². The van der Waals surface area contributed by atoms with E-state index < -0.39 is 0 Å². The zero-order valence-corrected chi connectivity index (χ0v) is 17.1. The molecule has 30 heavy (non-hydrogen) atoms. The Morgan fingerprint density at radius 3 is 2.57 bits per heavy atom. The molecule has 0 spiro atoms. The van der Waals surface area contributed by atoms with Crippen molar-refractivity contribution in [1.29, 1.82) is 0 Å². The van der Waals surface area contributed by atoms with E-state index in [1.165, 1.54) is 17.4 Å². The summed E-state index contributed by atoms with van der Waals surface area (Å²) < 4.78 is 3.30. The number of amides is 1. The third-order valence-electron chi connectivity index (χ3n) is 6.20. The van der Waals surface area contributed by atoms with Gasteiger partial charge in [-0.25, -0.2) is 0 Å². The number of anilines is 1. The van der Waals surface area contributed by atoms with Crippen LogP contribution in [0.2, 0.25) is 0 Å². The Labute approximate surface area is 173 Å². The molecule has 2 aliphatic rings. The standard InChI is InChI=1S/C21H25N7O2/c1-25-10-4-5-16(20(25)29)21(30)27-13-8-15(9-14-27)19-23-22-17-6-7-18(24-28(17)19)26-11-2-3-12-26/h4-7,10,15H,2-3,8-9,11-14H2,1H3. The van der Waals surface area contributed by atoms with Crippen LogP contribution in [-0.2, 0) is 7.05 Å². The molecule has 3 aromatic heterocycles. The number of aromatic nitrogens is 5. The molecule has 9 nitrogen and oxygen atoms in total. The van der Waals surface area contributed by atoms with Gasteiger partial charge >= 0.3 is 0 Å². The first kappa shape index (κ1) is 18.8. The van der Waals surface area contributed by atoms with Gasteiger partial charge in [-0.2, -0.15) is 4.52 Å². The van der Waals surface area contributed by atoms with E-state index in [-0.39, 0.29) is 22.9 Å². The number of hydrogen-bond donors (Lipinski definition) is 0. The Morgan fingerprint density at radius 1 is 1.03 bits per heavy atom. The van der Waals surface area contributed by atoms with Crippen LogP contribution in [0.15, 0.2) is 35.3 Å². The minimum Gasteiger partial charge on any atom is -0.355 e. The average molecular weight is 407 g/mol. The molecule has 0 saturated carbocycles. The van der Waals surface area contributed by atoms with Crippen molar-refractivity contribution in [2.75, 3.05) is 31.1 Å². The molecule has 0 bridgehead atoms. The Hall–Kier alpha value is -3.23. The summed E-state index contributed by atoms with van der Waals surface area (Å²) in [5.74, 6) is 1.81. The van der Waals surface area contributed by atoms with Gasteiger partial charge in [0.15, 0.2) is 11.5 Å². The van der Waals surface area contributed by atoms with Crippen LogP contribution in [-0.4, -0.2) is 61.4 Å². The Balaban J connectivity index is 1.33. The van der Waals surface area contributed by atoms with Crippen molar-refractivity contribution in [3.63, 3.8) is 0 Å². The highest BCUT2D eigenvalue weighted by atomic mass is 16.2. The summed E-state index contributed by atoms with van der Waals surface area (Å²) in [7, 11) is 1.66. The van der Waals surface area contributed by atoms with Gasteiger partial charge in [0.2, 0.25) is 0 Å². The monoisotopic (exact) mass is 407 g/mol. The molecule has 156 valence electrons. The molecule has 5 rings (SSSR count). The Bertz CT molecular complexity index is 1140. The number of rotatable bonds is 3. The van der Waals surface area contributed by atoms with E-state index in [4.69, 9.17) is 5.10 Å². The third kappa shape index (κ3) is 3.24. The predicted octanol–water partition coefficient (Wildman–Crippen LogP) is 1.44. The van der Waals surface area contributed by atoms with E-state index in [9.17, 15) is 9.59 Å². The second-order valence-corrected chi connectivity index (χ2v) is 8.12. The number of carbonyl (C=O) groups excluding carboxylic acids is 1. The van der Waals surface area contributed by atoms with Crippen LogP contribution < -0.4 is 10.5 Å². The number of nitrogens with zero attached hydrogens (tertiary/aromatic N) is 7. The first-order valence-corrected chi connectivity index (χ1v) is 10.5. The molecule has 0 N–H and O–H groups in total. The van der Waals surface area contributed by atoms with E-state index in [1.807, 2.05) is 16.6 Å². The molecule has 0 aromatic carbocycles. The van der Waals surface area contributed by atoms with Gasteiger partial charge in [-0.3, -0.25) is 9.59 Å². The van der Waals surface area contributed by atoms with Gasteiger partial charge in [-0.05, 0) is 49.9 Å². The van der Waals surface area contributed by atoms with Gasteiger partial charge in [-0.1, -0.05) is 0 Å². The van der Waals surface area contributed by atoms with Crippen LogP contribution in [0.5, 0.6) is 0 Å². The molecular formula is C21H25N7O2. The fourth-order valence-electron chi connectivity index (χ4n) is 4.44. The molecule has 2 saturated heterocycles. The fourth-order valence-corrected chi connectivity index (χ4v) is 4.44. The molecule has 5 heterocycles. The number of likely N-dealkylation sites (tertiary alicyclic amines) is 1. The van der Waals surface area contributed by atoms with E-state index in [1.54, 1.807) is 30.3 Å². The summed E-state index contributed by atoms with van der Waals surface area (Å²) in [5, 5.41) is 13.5. The summed E-state index contributed by atoms with van der Waals surface area (Å²) in [5.41, 5.74) is 0.717. The molecule has 0 aliphatic carbocycles. The molecule has 0 atom stereocenters. The molecular weight excluding hydrogens is 382 g/mol. The summed E-state index contributed by atoms with van der Waals surface area (Å²) in [6.45, 7) is 3.25. The van der Waals surface area contributed by atoms with E-state index in [2.05, 4.69) is 15.1 Å². The maximum absolute atomic E-state index is 12.8. The number of carbonyl (C=O) groups is 1. The lowest BCUT2D eigenvalue weighted by Gasteiger charge is -2.31. The molecule has 2 fully saturated rings. The number of fused-ring (bicyclic) bond motifs is 1. The first-order valence-electron chi connectivity index (χ1n) is 10.5. The minimum atomic E-state index is -0.258. The van der Waals surface area contributed by atoms with Crippen molar-refractivity contribution in [1.82, 2.24) is 29.3 Å². The number of piperidine rings is 1. The Kier molecular flexibility index (Phi) is 4.72. The van der Waals surface area contributed by atoms with Crippen molar-refractivity contribution < 1.29 is 4.79 Å². The van der Waals surface area contributed by atoms with Crippen LogP contribution in [0.25, 0.3) is 5.65 Å². The maximum atomic E-state index is 12.8. The molecule has 3 aromatic rings. The second-order valence-electron chi connectivity index (χ2n) is 8.12. The summed E-state index contributed by atoms with van der Waals surface area (Å²) >= 11 is 0. The summed E-state index contributed by atoms with van der Waals surface area (Å²) in [6, 6.07) is 7.32. The van der Waals surface area contributed by atoms with Gasteiger partial charge in [0, 0.05) is 45.3 Å². The Morgan fingerprint density at radius 2 is 1.80 bits per heavy atom. The fraction of sp³-hybridized carbons (Fsp3) is 0.476. The number of aryl methyl sites for hydroxylation is 1. The topological polar surface area (TPSA) is 88.6 Å². The second kappa shape index (κ2) is 7.55. The predicted molar refractivity (Wildman–Crippen MR) is 112 cm³/mol. The largest absolute Gasteiger partial charge is 0.355 e. The summed E-state index contributed by atoms with van der Waals surface area (Å²) in [6.07, 6.45) is 5.60. The van der Waals surface area contributed by atoms with Crippen LogP contribution in [0.3, 0.4) is 0 Å². The number of pyridine rings is 1. The highest BCUT2D eigenvalue weighted by molar-refractivity contribution is 5.93. The van der Waals surface area contributed by atoms with Crippen molar-refractivity contribution in [3.8, 4) is 0 Å². The zero-order chi connectivity index (χ0) is 20.7. The normalized spacial score (nSPS) is 17.8. The van der Waals surface area contributed by atoms with Gasteiger partial charge in [-0.15, -0.1) is 15.3 Å². The summed E-state index contributed by atoms with van der Waals surface area (Å²) in [4.78, 5) is 29.2. The van der Waals surface area contributed by atoms with Crippen molar-refractivity contribution >= 4 is 17.4 Å². The first-order chi connectivity index (χ1) is 14.6. The van der Waals surface area contributed by atoms with E-state index >= 15 is 0 Å². The minimum absolute atomic E-state index is 0.184. The molecule has 9 heteroatoms. The SMILES string of the molecule is Cn1cccc(C(=O)N2CCC(c3nnc4ccc(N5CCCC5)nn34)CC2)c1=O.